The lowest BCUT2D eigenvalue weighted by atomic mass is 9.65. The molecule has 1 fully saturated rings. The summed E-state index contributed by atoms with van der Waals surface area (Å²) in [5, 5.41) is 16.5. The van der Waals surface area contributed by atoms with Gasteiger partial charge >= 0.3 is 0 Å². The van der Waals surface area contributed by atoms with E-state index in [0.29, 0.717) is 25.7 Å². The highest BCUT2D eigenvalue weighted by molar-refractivity contribution is 5.78. The van der Waals surface area contributed by atoms with Gasteiger partial charge in [-0.15, -0.1) is 0 Å². The summed E-state index contributed by atoms with van der Waals surface area (Å²) in [6, 6.07) is 14.4. The summed E-state index contributed by atoms with van der Waals surface area (Å²) < 4.78 is 15.3. The summed E-state index contributed by atoms with van der Waals surface area (Å²) >= 11 is 0. The first-order valence-electron chi connectivity index (χ1n) is 12.2. The van der Waals surface area contributed by atoms with Crippen LogP contribution in [0.5, 0.6) is 0 Å². The zero-order valence-corrected chi connectivity index (χ0v) is 20.6. The van der Waals surface area contributed by atoms with Gasteiger partial charge in [0.05, 0.1) is 29.6 Å². The quantitative estimate of drug-likeness (QED) is 0.562. The minimum Gasteiger partial charge on any atom is -0.389 e. The van der Waals surface area contributed by atoms with Gasteiger partial charge < -0.3 is 10.0 Å². The predicted octanol–water partition coefficient (Wildman–Crippen LogP) is 4.75. The summed E-state index contributed by atoms with van der Waals surface area (Å²) in [5.41, 5.74) is 5.12. The third kappa shape index (κ3) is 4.10. The van der Waals surface area contributed by atoms with E-state index < -0.39 is 5.60 Å². The Kier molecular flexibility index (Phi) is 5.88. The summed E-state index contributed by atoms with van der Waals surface area (Å²) in [6.45, 7) is 2.17. The van der Waals surface area contributed by atoms with E-state index >= 15 is 0 Å². The van der Waals surface area contributed by atoms with E-state index in [-0.39, 0.29) is 17.1 Å². The van der Waals surface area contributed by atoms with Crippen LogP contribution in [0.4, 0.5) is 4.39 Å². The molecule has 5 rings (SSSR count). The molecule has 2 aliphatic carbocycles. The normalized spacial score (nSPS) is 22.9. The lowest BCUT2D eigenvalue weighted by Crippen LogP contribution is -2.45. The molecule has 35 heavy (non-hydrogen) atoms. The number of aryl methyl sites for hydroxylation is 1. The molecule has 3 aromatic rings. The Bertz CT molecular complexity index is 1290. The molecule has 2 aromatic carbocycles. The van der Waals surface area contributed by atoms with Crippen LogP contribution in [0.1, 0.15) is 48.6 Å². The van der Waals surface area contributed by atoms with Gasteiger partial charge in [0.15, 0.2) is 0 Å². The number of aliphatic hydroxyl groups is 1. The number of benzene rings is 2. The highest BCUT2D eigenvalue weighted by Crippen LogP contribution is 2.56. The third-order valence-corrected chi connectivity index (χ3v) is 8.12. The molecule has 0 spiro atoms. The number of carbonyl (C=O) groups is 1. The Labute approximate surface area is 205 Å². The molecule has 2 aliphatic rings. The Morgan fingerprint density at radius 1 is 1.14 bits per heavy atom. The van der Waals surface area contributed by atoms with Gasteiger partial charge in [0.1, 0.15) is 5.82 Å². The summed E-state index contributed by atoms with van der Waals surface area (Å²) in [7, 11) is 3.55. The van der Waals surface area contributed by atoms with Gasteiger partial charge in [0.2, 0.25) is 5.91 Å². The van der Waals surface area contributed by atoms with Crippen LogP contribution >= 0.6 is 0 Å². The van der Waals surface area contributed by atoms with Gasteiger partial charge in [-0.3, -0.25) is 4.79 Å². The molecule has 1 N–H and O–H groups in total. The van der Waals surface area contributed by atoms with Crippen molar-refractivity contribution in [3.63, 3.8) is 0 Å². The Morgan fingerprint density at radius 3 is 2.57 bits per heavy atom. The molecule has 1 amide bonds. The third-order valence-electron chi connectivity index (χ3n) is 8.12. The van der Waals surface area contributed by atoms with Crippen LogP contribution in [0.25, 0.3) is 11.8 Å². The molecule has 2 atom stereocenters. The van der Waals surface area contributed by atoms with E-state index in [2.05, 4.69) is 24.2 Å². The SMILES string of the molecule is CN(C)C(=O)Cc1ccccc1CC[C@]1(O)CCC2=Cc3c(cnn3-c3ccc(F)cc3)C[C@@]21C. The molecule has 0 aliphatic heterocycles. The highest BCUT2D eigenvalue weighted by atomic mass is 19.1. The fraction of sp³-hybridized carbons (Fsp3) is 0.379. The van der Waals surface area contributed by atoms with E-state index in [1.807, 2.05) is 29.1 Å². The number of amides is 1. The maximum absolute atomic E-state index is 13.4. The van der Waals surface area contributed by atoms with Crippen LogP contribution in [0.3, 0.4) is 0 Å². The van der Waals surface area contributed by atoms with E-state index in [1.54, 1.807) is 31.1 Å². The molecule has 0 radical (unpaired) electrons. The zero-order chi connectivity index (χ0) is 24.8. The Hall–Kier alpha value is -3.25. The molecular weight excluding hydrogens is 441 g/mol. The second-order valence-corrected chi connectivity index (χ2v) is 10.4. The van der Waals surface area contributed by atoms with Crippen molar-refractivity contribution < 1.29 is 14.3 Å². The number of carbonyl (C=O) groups excluding carboxylic acids is 1. The fourth-order valence-electron chi connectivity index (χ4n) is 5.75. The van der Waals surface area contributed by atoms with Gasteiger partial charge in [-0.05, 0) is 79.1 Å². The smallest absolute Gasteiger partial charge is 0.226 e. The van der Waals surface area contributed by atoms with Crippen LogP contribution in [0.15, 0.2) is 60.3 Å². The van der Waals surface area contributed by atoms with E-state index in [0.717, 1.165) is 40.9 Å². The van der Waals surface area contributed by atoms with Crippen molar-refractivity contribution in [1.82, 2.24) is 14.7 Å². The van der Waals surface area contributed by atoms with Crippen molar-refractivity contribution in [2.75, 3.05) is 14.1 Å². The lowest BCUT2D eigenvalue weighted by Gasteiger charge is -2.42. The average molecular weight is 474 g/mol. The monoisotopic (exact) mass is 473 g/mol. The highest BCUT2D eigenvalue weighted by Gasteiger charge is 2.54. The maximum atomic E-state index is 13.4. The number of hydrogen-bond acceptors (Lipinski definition) is 3. The fourth-order valence-corrected chi connectivity index (χ4v) is 5.75. The average Bonchev–Trinajstić information content (AvgIpc) is 3.35. The number of rotatable bonds is 6. The second-order valence-electron chi connectivity index (χ2n) is 10.4. The number of hydrogen-bond donors (Lipinski definition) is 1. The molecule has 1 heterocycles. The van der Waals surface area contributed by atoms with Gasteiger partial charge in [-0.25, -0.2) is 9.07 Å². The Balaban J connectivity index is 1.38. The van der Waals surface area contributed by atoms with Crippen molar-refractivity contribution in [2.24, 2.45) is 5.41 Å². The molecular formula is C29H32FN3O2. The van der Waals surface area contributed by atoms with Crippen LogP contribution in [-0.2, 0) is 24.1 Å². The maximum Gasteiger partial charge on any atom is 0.226 e. The van der Waals surface area contributed by atoms with Crippen molar-refractivity contribution in [3.8, 4) is 5.69 Å². The van der Waals surface area contributed by atoms with Crippen molar-refractivity contribution in [2.45, 2.75) is 51.0 Å². The molecule has 6 heteroatoms. The number of halogens is 1. The van der Waals surface area contributed by atoms with Crippen LogP contribution in [0, 0.1) is 11.2 Å². The van der Waals surface area contributed by atoms with Crippen molar-refractivity contribution in [3.05, 3.63) is 88.5 Å². The number of nitrogens with zero attached hydrogens (tertiary/aromatic N) is 3. The number of fused-ring (bicyclic) bond motifs is 2. The van der Waals surface area contributed by atoms with Gasteiger partial charge in [0.25, 0.3) is 0 Å². The molecule has 5 nitrogen and oxygen atoms in total. The standard InChI is InChI=1S/C29H32FN3O2/c1-28-18-22-19-31-33(25-10-8-24(30)9-11-25)26(22)17-23(28)13-15-29(28,35)14-12-20-6-4-5-7-21(20)16-27(34)32(2)3/h4-11,17,19,35H,12-16,18H2,1-3H3/t28-,29-/m0/s1. The van der Waals surface area contributed by atoms with Gasteiger partial charge in [0, 0.05) is 19.5 Å². The van der Waals surface area contributed by atoms with Gasteiger partial charge in [-0.1, -0.05) is 36.8 Å². The van der Waals surface area contributed by atoms with E-state index in [9.17, 15) is 14.3 Å². The second kappa shape index (κ2) is 8.76. The number of likely N-dealkylation sites (N-methyl/N-ethyl adjacent to an activating group) is 1. The molecule has 1 saturated carbocycles. The molecule has 0 saturated heterocycles. The molecule has 0 unspecified atom stereocenters. The van der Waals surface area contributed by atoms with Crippen molar-refractivity contribution >= 4 is 12.0 Å². The summed E-state index contributed by atoms with van der Waals surface area (Å²) in [5.74, 6) is -0.193. The molecule has 1 aromatic heterocycles. The first-order valence-corrected chi connectivity index (χ1v) is 12.2. The molecule has 0 bridgehead atoms. The minimum absolute atomic E-state index is 0.0761. The lowest BCUT2D eigenvalue weighted by molar-refractivity contribution is -0.127. The predicted molar refractivity (Wildman–Crippen MR) is 135 cm³/mol. The van der Waals surface area contributed by atoms with Crippen LogP contribution in [0.2, 0.25) is 0 Å². The Morgan fingerprint density at radius 2 is 1.86 bits per heavy atom. The first kappa shape index (κ1) is 23.5. The van der Waals surface area contributed by atoms with Gasteiger partial charge in [-0.2, -0.15) is 5.10 Å². The van der Waals surface area contributed by atoms with Crippen LogP contribution in [-0.4, -0.2) is 45.4 Å². The largest absolute Gasteiger partial charge is 0.389 e. The summed E-state index contributed by atoms with van der Waals surface area (Å²) in [4.78, 5) is 13.9. The topological polar surface area (TPSA) is 58.4 Å². The molecule has 182 valence electrons. The van der Waals surface area contributed by atoms with E-state index in [4.69, 9.17) is 0 Å². The summed E-state index contributed by atoms with van der Waals surface area (Å²) in [6.07, 6.45) is 8.04. The van der Waals surface area contributed by atoms with Crippen molar-refractivity contribution in [1.29, 1.82) is 0 Å². The van der Waals surface area contributed by atoms with Crippen LogP contribution < -0.4 is 0 Å². The number of aromatic nitrogens is 2. The first-order chi connectivity index (χ1) is 16.7. The van der Waals surface area contributed by atoms with E-state index in [1.165, 1.54) is 17.7 Å². The zero-order valence-electron chi connectivity index (χ0n) is 20.6. The minimum atomic E-state index is -0.840.